The van der Waals surface area contributed by atoms with E-state index in [0.717, 1.165) is 6.07 Å². The summed E-state index contributed by atoms with van der Waals surface area (Å²) < 4.78 is 49.4. The highest BCUT2D eigenvalue weighted by atomic mass is 35.5. The first-order chi connectivity index (χ1) is 7.30. The Morgan fingerprint density at radius 2 is 1.88 bits per heavy atom. The van der Waals surface area contributed by atoms with Gasteiger partial charge in [-0.05, 0) is 30.5 Å². The number of benzene rings is 1. The number of aryl methyl sites for hydroxylation is 1. The summed E-state index contributed by atoms with van der Waals surface area (Å²) in [4.78, 5) is 0. The zero-order valence-corrected chi connectivity index (χ0v) is 10.2. The Bertz CT molecular complexity index is 368. The van der Waals surface area contributed by atoms with Gasteiger partial charge in [-0.15, -0.1) is 12.4 Å². The lowest BCUT2D eigenvalue weighted by atomic mass is 10.1. The van der Waals surface area contributed by atoms with Crippen molar-refractivity contribution in [2.24, 2.45) is 5.73 Å². The first-order valence-electron chi connectivity index (χ1n) is 4.57. The van der Waals surface area contributed by atoms with E-state index in [4.69, 9.17) is 17.3 Å². The fourth-order valence-corrected chi connectivity index (χ4v) is 1.36. The van der Waals surface area contributed by atoms with Gasteiger partial charge in [0, 0.05) is 5.02 Å². The lowest BCUT2D eigenvalue weighted by Gasteiger charge is -2.15. The maximum atomic E-state index is 13.2. The molecule has 17 heavy (non-hydrogen) atoms. The summed E-state index contributed by atoms with van der Waals surface area (Å²) in [5.41, 5.74) is 5.09. The SMILES string of the molecule is Cl.NC(CCc1ccc(Cl)cc1F)C(F)(F)F. The zero-order chi connectivity index (χ0) is 12.3. The Morgan fingerprint density at radius 1 is 1.29 bits per heavy atom. The molecule has 0 aliphatic carbocycles. The van der Waals surface area contributed by atoms with Gasteiger partial charge in [0.2, 0.25) is 0 Å². The van der Waals surface area contributed by atoms with Gasteiger partial charge in [0.1, 0.15) is 11.9 Å². The smallest absolute Gasteiger partial charge is 0.320 e. The van der Waals surface area contributed by atoms with Gasteiger partial charge in [-0.25, -0.2) is 4.39 Å². The summed E-state index contributed by atoms with van der Waals surface area (Å²) in [6.45, 7) is 0. The summed E-state index contributed by atoms with van der Waals surface area (Å²) in [6, 6.07) is 1.93. The molecule has 98 valence electrons. The van der Waals surface area contributed by atoms with Crippen molar-refractivity contribution in [1.29, 1.82) is 0 Å². The van der Waals surface area contributed by atoms with Gasteiger partial charge in [0.05, 0.1) is 0 Å². The van der Waals surface area contributed by atoms with E-state index in [-0.39, 0.29) is 35.8 Å². The van der Waals surface area contributed by atoms with Crippen molar-refractivity contribution in [2.45, 2.75) is 25.1 Å². The zero-order valence-electron chi connectivity index (χ0n) is 8.60. The van der Waals surface area contributed by atoms with Crippen molar-refractivity contribution in [3.8, 4) is 0 Å². The molecule has 0 heterocycles. The van der Waals surface area contributed by atoms with Gasteiger partial charge in [-0.2, -0.15) is 13.2 Å². The van der Waals surface area contributed by atoms with Gasteiger partial charge in [-0.3, -0.25) is 0 Å². The predicted octanol–water partition coefficient (Wildman–Crippen LogP) is 3.72. The molecule has 1 nitrogen and oxygen atoms in total. The number of alkyl halides is 3. The molecule has 0 aliphatic rings. The molecule has 1 aromatic carbocycles. The third-order valence-corrected chi connectivity index (χ3v) is 2.40. The first-order valence-corrected chi connectivity index (χ1v) is 4.94. The van der Waals surface area contributed by atoms with Crippen molar-refractivity contribution in [3.63, 3.8) is 0 Å². The molecule has 0 saturated carbocycles. The topological polar surface area (TPSA) is 26.0 Å². The van der Waals surface area contributed by atoms with Crippen LogP contribution in [0, 0.1) is 5.82 Å². The second-order valence-corrected chi connectivity index (χ2v) is 3.86. The van der Waals surface area contributed by atoms with Crippen LogP contribution in [0.3, 0.4) is 0 Å². The van der Waals surface area contributed by atoms with Gasteiger partial charge >= 0.3 is 6.18 Å². The average molecular weight is 292 g/mol. The van der Waals surface area contributed by atoms with Crippen molar-refractivity contribution in [2.75, 3.05) is 0 Å². The molecule has 0 radical (unpaired) electrons. The van der Waals surface area contributed by atoms with E-state index in [1.54, 1.807) is 0 Å². The van der Waals surface area contributed by atoms with Crippen LogP contribution in [-0.2, 0) is 6.42 Å². The van der Waals surface area contributed by atoms with Crippen LogP contribution in [0.2, 0.25) is 5.02 Å². The number of halogens is 6. The van der Waals surface area contributed by atoms with Crippen LogP contribution in [0.25, 0.3) is 0 Å². The third kappa shape index (κ3) is 5.10. The highest BCUT2D eigenvalue weighted by Gasteiger charge is 2.36. The fourth-order valence-electron chi connectivity index (χ4n) is 1.20. The fraction of sp³-hybridized carbons (Fsp3) is 0.400. The second kappa shape index (κ2) is 6.42. The van der Waals surface area contributed by atoms with E-state index in [0.29, 0.717) is 0 Å². The number of rotatable bonds is 3. The molecule has 0 bridgehead atoms. The molecule has 7 heteroatoms. The van der Waals surface area contributed by atoms with E-state index >= 15 is 0 Å². The minimum atomic E-state index is -4.44. The highest BCUT2D eigenvalue weighted by molar-refractivity contribution is 6.30. The van der Waals surface area contributed by atoms with Gasteiger partial charge < -0.3 is 5.73 Å². The second-order valence-electron chi connectivity index (χ2n) is 3.42. The molecule has 0 fully saturated rings. The molecular formula is C10H11Cl2F4N. The standard InChI is InChI=1S/C10H10ClF4N.ClH/c11-7-3-1-6(8(12)5-7)2-4-9(16)10(13,14)15;/h1,3,5,9H,2,4,16H2;1H. The van der Waals surface area contributed by atoms with Crippen LogP contribution in [-0.4, -0.2) is 12.2 Å². The summed E-state index contributed by atoms with van der Waals surface area (Å²) in [5.74, 6) is -0.609. The maximum Gasteiger partial charge on any atom is 0.403 e. The van der Waals surface area contributed by atoms with E-state index in [1.807, 2.05) is 0 Å². The molecular weight excluding hydrogens is 281 g/mol. The van der Waals surface area contributed by atoms with Gasteiger partial charge in [-0.1, -0.05) is 17.7 Å². The maximum absolute atomic E-state index is 13.2. The molecule has 2 N–H and O–H groups in total. The van der Waals surface area contributed by atoms with E-state index < -0.39 is 18.0 Å². The lowest BCUT2D eigenvalue weighted by Crippen LogP contribution is -2.37. The molecule has 0 aromatic heterocycles. The number of nitrogens with two attached hydrogens (primary N) is 1. The normalized spacial score (nSPS) is 13.1. The van der Waals surface area contributed by atoms with Gasteiger partial charge in [0.15, 0.2) is 0 Å². The van der Waals surface area contributed by atoms with Crippen LogP contribution in [0.5, 0.6) is 0 Å². The molecule has 0 aliphatic heterocycles. The molecule has 1 atom stereocenters. The van der Waals surface area contributed by atoms with E-state index in [1.165, 1.54) is 12.1 Å². The number of hydrogen-bond donors (Lipinski definition) is 1. The highest BCUT2D eigenvalue weighted by Crippen LogP contribution is 2.23. The van der Waals surface area contributed by atoms with Crippen molar-refractivity contribution >= 4 is 24.0 Å². The quantitative estimate of drug-likeness (QED) is 0.844. The first kappa shape index (κ1) is 16.5. The Morgan fingerprint density at radius 3 is 2.35 bits per heavy atom. The third-order valence-electron chi connectivity index (χ3n) is 2.16. The molecule has 1 aromatic rings. The summed E-state index contributed by atoms with van der Waals surface area (Å²) >= 11 is 5.51. The minimum Gasteiger partial charge on any atom is -0.320 e. The van der Waals surface area contributed by atoms with E-state index in [9.17, 15) is 17.6 Å². The molecule has 0 amide bonds. The molecule has 0 spiro atoms. The summed E-state index contributed by atoms with van der Waals surface area (Å²) in [7, 11) is 0. The Kier molecular flexibility index (Phi) is 6.23. The van der Waals surface area contributed by atoms with Crippen molar-refractivity contribution < 1.29 is 17.6 Å². The molecule has 1 rings (SSSR count). The Hall–Kier alpha value is -0.520. The monoisotopic (exact) mass is 291 g/mol. The van der Waals surface area contributed by atoms with Crippen molar-refractivity contribution in [1.82, 2.24) is 0 Å². The van der Waals surface area contributed by atoms with Crippen LogP contribution < -0.4 is 5.73 Å². The Labute approximate surface area is 107 Å². The Balaban J connectivity index is 0.00000256. The number of hydrogen-bond acceptors (Lipinski definition) is 1. The van der Waals surface area contributed by atoms with Gasteiger partial charge in [0.25, 0.3) is 0 Å². The molecule has 1 unspecified atom stereocenters. The van der Waals surface area contributed by atoms with Crippen LogP contribution in [0.15, 0.2) is 18.2 Å². The minimum absolute atomic E-state index is 0. The molecule has 0 saturated heterocycles. The van der Waals surface area contributed by atoms with Crippen LogP contribution in [0.4, 0.5) is 17.6 Å². The van der Waals surface area contributed by atoms with Crippen LogP contribution >= 0.6 is 24.0 Å². The predicted molar refractivity (Wildman–Crippen MR) is 61.0 cm³/mol. The van der Waals surface area contributed by atoms with E-state index in [2.05, 4.69) is 0 Å². The summed E-state index contributed by atoms with van der Waals surface area (Å²) in [6.07, 6.45) is -4.85. The average Bonchev–Trinajstić information content (AvgIpc) is 2.14. The largest absolute Gasteiger partial charge is 0.403 e. The van der Waals surface area contributed by atoms with Crippen LogP contribution in [0.1, 0.15) is 12.0 Å². The lowest BCUT2D eigenvalue weighted by molar-refractivity contribution is -0.148. The van der Waals surface area contributed by atoms with Crippen molar-refractivity contribution in [3.05, 3.63) is 34.6 Å². The summed E-state index contributed by atoms with van der Waals surface area (Å²) in [5, 5.41) is 0.210.